The Bertz CT molecular complexity index is 1370. The highest BCUT2D eigenvalue weighted by molar-refractivity contribution is 5.70. The second kappa shape index (κ2) is 37.4. The smallest absolute Gasteiger partial charge is 0.306 e. The highest BCUT2D eigenvalue weighted by Crippen LogP contribution is 2.11. The van der Waals surface area contributed by atoms with Crippen LogP contribution >= 0.6 is 0 Å². The van der Waals surface area contributed by atoms with Crippen molar-refractivity contribution in [1.29, 1.82) is 0 Å². The van der Waals surface area contributed by atoms with Crippen molar-refractivity contribution in [3.05, 3.63) is 134 Å². The second-order valence-corrected chi connectivity index (χ2v) is 14.0. The molecule has 0 aliphatic heterocycles. The fourth-order valence-electron chi connectivity index (χ4n) is 4.94. The number of quaternary nitrogens is 1. The summed E-state index contributed by atoms with van der Waals surface area (Å²) in [4.78, 5) is 36.8. The number of carbonyl (C=O) groups excluding carboxylic acids is 3. The molecule has 0 aliphatic carbocycles. The minimum Gasteiger partial charge on any atom is -0.544 e. The molecule has 0 aliphatic rings. The van der Waals surface area contributed by atoms with Crippen molar-refractivity contribution in [3.63, 3.8) is 0 Å². The first kappa shape index (κ1) is 51.5. The number of hydrogen-bond acceptors (Lipinski definition) is 7. The monoisotopic (exact) mass is 774 g/mol. The molecule has 56 heavy (non-hydrogen) atoms. The lowest BCUT2D eigenvalue weighted by Crippen LogP contribution is -2.55. The standard InChI is InChI=1S/C48H71NO7/c1-6-8-10-12-14-16-18-20-22-23-25-26-28-30-32-34-36-38-46(50)55-43-44(42-54-41-40-45(48(52)53)49(3,4)5)56-47(51)39-37-35-33-31-29-27-24-21-19-17-15-13-11-9-7-2/h8-29,44-45H,6-7,30-43H2,1-5H3/b10-8+,11-9+,14-12+,15-13+,18-16+,19-17+,22-20+,24-21+,25-23+,28-26+,29-27+. The van der Waals surface area contributed by atoms with Crippen LogP contribution in [0.25, 0.3) is 0 Å². The third kappa shape index (κ3) is 35.2. The van der Waals surface area contributed by atoms with Gasteiger partial charge < -0.3 is 28.6 Å². The van der Waals surface area contributed by atoms with E-state index in [9.17, 15) is 19.5 Å². The summed E-state index contributed by atoms with van der Waals surface area (Å²) in [6.07, 6.45) is 53.3. The number of rotatable bonds is 33. The van der Waals surface area contributed by atoms with Crippen molar-refractivity contribution in [2.75, 3.05) is 41.0 Å². The minimum atomic E-state index is -1.15. The van der Waals surface area contributed by atoms with E-state index in [1.165, 1.54) is 0 Å². The minimum absolute atomic E-state index is 0.00280. The molecule has 0 aromatic carbocycles. The van der Waals surface area contributed by atoms with Crippen molar-refractivity contribution in [3.8, 4) is 0 Å². The van der Waals surface area contributed by atoms with Crippen LogP contribution in [0.15, 0.2) is 134 Å². The van der Waals surface area contributed by atoms with Crippen molar-refractivity contribution in [1.82, 2.24) is 0 Å². The molecule has 0 spiro atoms. The van der Waals surface area contributed by atoms with Gasteiger partial charge in [-0.15, -0.1) is 0 Å². The van der Waals surface area contributed by atoms with Crippen LogP contribution in [0.4, 0.5) is 0 Å². The number of nitrogens with zero attached hydrogens (tertiary/aromatic N) is 1. The maximum Gasteiger partial charge on any atom is 0.306 e. The zero-order chi connectivity index (χ0) is 41.4. The van der Waals surface area contributed by atoms with Gasteiger partial charge >= 0.3 is 11.9 Å². The average molecular weight is 774 g/mol. The molecule has 8 heteroatoms. The number of allylic oxidation sites excluding steroid dienone is 22. The predicted molar refractivity (Wildman–Crippen MR) is 230 cm³/mol. The second-order valence-electron chi connectivity index (χ2n) is 14.0. The molecule has 2 atom stereocenters. The molecule has 0 saturated carbocycles. The van der Waals surface area contributed by atoms with Crippen molar-refractivity contribution in [2.24, 2.45) is 0 Å². The van der Waals surface area contributed by atoms with E-state index < -0.39 is 18.1 Å². The summed E-state index contributed by atoms with van der Waals surface area (Å²) in [5.74, 6) is -1.88. The van der Waals surface area contributed by atoms with Crippen LogP contribution in [0.2, 0.25) is 0 Å². The van der Waals surface area contributed by atoms with Gasteiger partial charge in [-0.1, -0.05) is 160 Å². The number of hydrogen-bond donors (Lipinski definition) is 0. The van der Waals surface area contributed by atoms with E-state index in [1.807, 2.05) is 109 Å². The maximum absolute atomic E-state index is 12.7. The van der Waals surface area contributed by atoms with Gasteiger partial charge in [-0.05, 0) is 51.4 Å². The normalized spacial score (nSPS) is 14.4. The average Bonchev–Trinajstić information content (AvgIpc) is 3.15. The number of likely N-dealkylation sites (N-methyl/N-ethyl adjacent to an activating group) is 1. The van der Waals surface area contributed by atoms with Crippen LogP contribution in [0, 0.1) is 0 Å². The fraction of sp³-hybridized carbons (Fsp3) is 0.479. The first-order valence-corrected chi connectivity index (χ1v) is 20.4. The lowest BCUT2D eigenvalue weighted by Gasteiger charge is -2.34. The number of unbranched alkanes of at least 4 members (excludes halogenated alkanes) is 6. The van der Waals surface area contributed by atoms with Gasteiger partial charge in [-0.3, -0.25) is 9.59 Å². The summed E-state index contributed by atoms with van der Waals surface area (Å²) in [6, 6.07) is -0.750. The van der Waals surface area contributed by atoms with Gasteiger partial charge in [0.15, 0.2) is 6.10 Å². The van der Waals surface area contributed by atoms with E-state index in [0.717, 1.165) is 51.4 Å². The van der Waals surface area contributed by atoms with Gasteiger partial charge in [0.05, 0.1) is 40.3 Å². The Kier molecular flexibility index (Phi) is 34.4. The van der Waals surface area contributed by atoms with Gasteiger partial charge in [0.2, 0.25) is 0 Å². The number of carboxylic acid groups (broad SMARTS) is 1. The van der Waals surface area contributed by atoms with Gasteiger partial charge in [-0.2, -0.15) is 0 Å². The molecule has 0 N–H and O–H groups in total. The molecule has 0 saturated heterocycles. The van der Waals surface area contributed by atoms with E-state index in [-0.39, 0.29) is 55.5 Å². The predicted octanol–water partition coefficient (Wildman–Crippen LogP) is 9.51. The summed E-state index contributed by atoms with van der Waals surface area (Å²) in [6.45, 7) is 4.23. The Balaban J connectivity index is 4.61. The molecular formula is C48H71NO7. The van der Waals surface area contributed by atoms with Crippen molar-refractivity contribution >= 4 is 17.9 Å². The van der Waals surface area contributed by atoms with Crippen LogP contribution in [-0.2, 0) is 28.6 Å². The first-order chi connectivity index (χ1) is 27.1. The van der Waals surface area contributed by atoms with Crippen LogP contribution in [0.1, 0.15) is 97.3 Å². The SMILES string of the molecule is CC/C=C/C=C/C=C/C=C/C=C/C=C/CCCCCC(=O)OCC(COCCC(C(=O)[O-])[N+](C)(C)C)OC(=O)CCCCC/C=C/C=C/C=C/C=C/C=C/CC. The Morgan fingerprint density at radius 3 is 1.36 bits per heavy atom. The number of carbonyl (C=O) groups is 3. The summed E-state index contributed by atoms with van der Waals surface area (Å²) < 4.78 is 17.0. The van der Waals surface area contributed by atoms with E-state index >= 15 is 0 Å². The Morgan fingerprint density at radius 1 is 0.536 bits per heavy atom. The van der Waals surface area contributed by atoms with E-state index in [4.69, 9.17) is 14.2 Å². The van der Waals surface area contributed by atoms with Crippen LogP contribution in [0.5, 0.6) is 0 Å². The molecule has 0 radical (unpaired) electrons. The summed E-state index contributed by atoms with van der Waals surface area (Å²) >= 11 is 0. The topological polar surface area (TPSA) is 102 Å². The summed E-state index contributed by atoms with van der Waals surface area (Å²) in [5.41, 5.74) is 0. The fourth-order valence-corrected chi connectivity index (χ4v) is 4.94. The molecule has 310 valence electrons. The lowest BCUT2D eigenvalue weighted by atomic mass is 10.1. The third-order valence-corrected chi connectivity index (χ3v) is 8.07. The van der Waals surface area contributed by atoms with Crippen molar-refractivity contribution < 1.29 is 38.2 Å². The molecule has 0 amide bonds. The van der Waals surface area contributed by atoms with Gasteiger partial charge in [0.25, 0.3) is 0 Å². The zero-order valence-electron chi connectivity index (χ0n) is 35.0. The molecule has 0 aromatic heterocycles. The Labute approximate surface area is 339 Å². The Hall–Kier alpha value is -4.53. The molecule has 0 fully saturated rings. The van der Waals surface area contributed by atoms with E-state index in [2.05, 4.69) is 38.2 Å². The molecule has 0 rings (SSSR count). The van der Waals surface area contributed by atoms with Crippen LogP contribution in [-0.4, -0.2) is 75.5 Å². The van der Waals surface area contributed by atoms with Crippen LogP contribution < -0.4 is 5.11 Å². The number of esters is 2. The highest BCUT2D eigenvalue weighted by atomic mass is 16.6. The highest BCUT2D eigenvalue weighted by Gasteiger charge is 2.25. The molecular weight excluding hydrogens is 703 g/mol. The lowest BCUT2D eigenvalue weighted by molar-refractivity contribution is -0.889. The largest absolute Gasteiger partial charge is 0.544 e. The molecule has 0 heterocycles. The van der Waals surface area contributed by atoms with Gasteiger partial charge in [-0.25, -0.2) is 0 Å². The number of carboxylic acids is 1. The van der Waals surface area contributed by atoms with E-state index in [0.29, 0.717) is 12.8 Å². The molecule has 0 aromatic rings. The Morgan fingerprint density at radius 2 is 0.946 bits per heavy atom. The van der Waals surface area contributed by atoms with E-state index in [1.54, 1.807) is 21.1 Å². The maximum atomic E-state index is 12.7. The van der Waals surface area contributed by atoms with Gasteiger partial charge in [0.1, 0.15) is 12.6 Å². The van der Waals surface area contributed by atoms with Crippen molar-refractivity contribution in [2.45, 2.75) is 109 Å². The molecule has 0 bridgehead atoms. The summed E-state index contributed by atoms with van der Waals surface area (Å²) in [5, 5.41) is 11.6. The molecule has 2 unspecified atom stereocenters. The van der Waals surface area contributed by atoms with Crippen LogP contribution in [0.3, 0.4) is 0 Å². The number of aliphatic carboxylic acids is 1. The van der Waals surface area contributed by atoms with Gasteiger partial charge in [0, 0.05) is 19.3 Å². The quantitative estimate of drug-likeness (QED) is 0.0283. The zero-order valence-corrected chi connectivity index (χ0v) is 35.0. The third-order valence-electron chi connectivity index (χ3n) is 8.07. The first-order valence-electron chi connectivity index (χ1n) is 20.4. The number of ether oxygens (including phenoxy) is 3. The summed E-state index contributed by atoms with van der Waals surface area (Å²) in [7, 11) is 5.35. The molecule has 8 nitrogen and oxygen atoms in total.